The number of halogens is 1. The maximum absolute atomic E-state index is 13.4. The van der Waals surface area contributed by atoms with Crippen LogP contribution in [-0.4, -0.2) is 41.0 Å². The first-order valence-corrected chi connectivity index (χ1v) is 13.0. The second kappa shape index (κ2) is 11.6. The topological polar surface area (TPSA) is 106 Å². The van der Waals surface area contributed by atoms with Gasteiger partial charge in [0, 0.05) is 10.0 Å². The lowest BCUT2D eigenvalue weighted by Crippen LogP contribution is -2.29. The number of aromatic nitrogens is 1. The van der Waals surface area contributed by atoms with Gasteiger partial charge in [0.1, 0.15) is 29.6 Å². The van der Waals surface area contributed by atoms with Crippen LogP contribution in [0.4, 0.5) is 5.13 Å². The summed E-state index contributed by atoms with van der Waals surface area (Å²) in [6.45, 7) is 9.09. The minimum absolute atomic E-state index is 0.0202. The van der Waals surface area contributed by atoms with Gasteiger partial charge in [-0.2, -0.15) is 0 Å². The first-order valence-electron chi connectivity index (χ1n) is 11.4. The normalized spacial score (nSPS) is 16.4. The second-order valence-electron chi connectivity index (χ2n) is 8.14. The highest BCUT2D eigenvalue weighted by Crippen LogP contribution is 2.44. The Kier molecular flexibility index (Phi) is 8.23. The lowest BCUT2D eigenvalue weighted by atomic mass is 9.95. The Morgan fingerprint density at radius 1 is 1.11 bits per heavy atom. The molecule has 2 heterocycles. The molecule has 0 aliphatic carbocycles. The molecule has 1 saturated heterocycles. The highest BCUT2D eigenvalue weighted by atomic mass is 79.9. The van der Waals surface area contributed by atoms with Gasteiger partial charge in [-0.1, -0.05) is 64.7 Å². The van der Waals surface area contributed by atoms with E-state index in [0.29, 0.717) is 29.2 Å². The summed E-state index contributed by atoms with van der Waals surface area (Å²) in [7, 11) is 0. The van der Waals surface area contributed by atoms with Crippen molar-refractivity contribution >= 4 is 55.8 Å². The largest absolute Gasteiger partial charge is 0.507 e. The third-order valence-corrected chi connectivity index (χ3v) is 7.30. The van der Waals surface area contributed by atoms with Crippen molar-refractivity contribution in [3.8, 4) is 5.75 Å². The van der Waals surface area contributed by atoms with E-state index in [2.05, 4.69) is 34.1 Å². The lowest BCUT2D eigenvalue weighted by Gasteiger charge is -2.23. The number of ether oxygens (including phenoxy) is 2. The second-order valence-corrected chi connectivity index (χ2v) is 10.0. The van der Waals surface area contributed by atoms with Crippen molar-refractivity contribution in [2.45, 2.75) is 13.0 Å². The Labute approximate surface area is 231 Å². The monoisotopic (exact) mass is 594 g/mol. The van der Waals surface area contributed by atoms with E-state index in [4.69, 9.17) is 9.47 Å². The molecule has 4 rings (SSSR count). The van der Waals surface area contributed by atoms with E-state index in [-0.39, 0.29) is 27.9 Å². The van der Waals surface area contributed by atoms with Gasteiger partial charge in [0.25, 0.3) is 5.78 Å². The van der Waals surface area contributed by atoms with Crippen LogP contribution in [0.2, 0.25) is 0 Å². The minimum Gasteiger partial charge on any atom is -0.507 e. The number of aliphatic hydroxyl groups excluding tert-OH is 1. The zero-order valence-electron chi connectivity index (χ0n) is 20.3. The van der Waals surface area contributed by atoms with Crippen LogP contribution in [0, 0.1) is 6.92 Å². The summed E-state index contributed by atoms with van der Waals surface area (Å²) >= 11 is 4.33. The SMILES string of the molecule is C=CCOC(=O)c1sc(N2C(=O)C(=O)/C(=C(/O)c3ccc(OCC=C)cc3)C2c2ccc(Br)cc2)nc1C. The fraction of sp³-hybridized carbons (Fsp3) is 0.143. The molecule has 1 amide bonds. The van der Waals surface area contributed by atoms with Crippen molar-refractivity contribution in [1.29, 1.82) is 0 Å². The van der Waals surface area contributed by atoms with Gasteiger partial charge < -0.3 is 14.6 Å². The zero-order valence-corrected chi connectivity index (χ0v) is 22.8. The quantitative estimate of drug-likeness (QED) is 0.110. The van der Waals surface area contributed by atoms with Gasteiger partial charge in [0.05, 0.1) is 17.3 Å². The first kappa shape index (κ1) is 27.0. The Hall–Kier alpha value is -4.02. The lowest BCUT2D eigenvalue weighted by molar-refractivity contribution is -0.132. The number of carbonyl (C=O) groups is 3. The molecule has 1 aromatic heterocycles. The fourth-order valence-corrected chi connectivity index (χ4v) is 5.14. The van der Waals surface area contributed by atoms with Crippen molar-refractivity contribution in [1.82, 2.24) is 4.98 Å². The molecule has 38 heavy (non-hydrogen) atoms. The number of esters is 1. The number of anilines is 1. The summed E-state index contributed by atoms with van der Waals surface area (Å²) < 4.78 is 11.4. The van der Waals surface area contributed by atoms with Gasteiger partial charge in [-0.15, -0.1) is 0 Å². The van der Waals surface area contributed by atoms with E-state index in [1.807, 2.05) is 0 Å². The number of hydrogen-bond acceptors (Lipinski definition) is 8. The van der Waals surface area contributed by atoms with Crippen LogP contribution in [0.25, 0.3) is 5.76 Å². The third-order valence-electron chi connectivity index (χ3n) is 5.63. The summed E-state index contributed by atoms with van der Waals surface area (Å²) in [6.07, 6.45) is 3.05. The van der Waals surface area contributed by atoms with Crippen molar-refractivity contribution < 1.29 is 29.0 Å². The molecule has 0 saturated carbocycles. The molecule has 1 aliphatic rings. The number of nitrogens with zero attached hydrogens (tertiary/aromatic N) is 2. The van der Waals surface area contributed by atoms with Crippen LogP contribution in [-0.2, 0) is 14.3 Å². The average Bonchev–Trinajstić information content (AvgIpc) is 3.43. The molecule has 0 spiro atoms. The van der Waals surface area contributed by atoms with Crippen LogP contribution in [0.5, 0.6) is 5.75 Å². The van der Waals surface area contributed by atoms with Crippen LogP contribution >= 0.6 is 27.3 Å². The first-order chi connectivity index (χ1) is 18.3. The van der Waals surface area contributed by atoms with E-state index >= 15 is 0 Å². The van der Waals surface area contributed by atoms with Crippen molar-refractivity contribution in [3.63, 3.8) is 0 Å². The maximum atomic E-state index is 13.4. The Bertz CT molecular complexity index is 1440. The Morgan fingerprint density at radius 2 is 1.76 bits per heavy atom. The molecule has 1 fully saturated rings. The standard InChI is InChI=1S/C28H23BrN2O6S/c1-4-14-36-20-12-8-18(9-13-20)23(32)21-22(17-6-10-19(29)11-7-17)31(26(34)24(21)33)28-30-16(3)25(38-28)27(35)37-15-5-2/h4-13,22,32H,1-2,14-15H2,3H3/b23-21+. The van der Waals surface area contributed by atoms with E-state index in [1.54, 1.807) is 61.5 Å². The van der Waals surface area contributed by atoms with Gasteiger partial charge >= 0.3 is 11.9 Å². The molecule has 1 aliphatic heterocycles. The third kappa shape index (κ3) is 5.32. The van der Waals surface area contributed by atoms with Gasteiger partial charge in [-0.3, -0.25) is 14.5 Å². The number of hydrogen-bond donors (Lipinski definition) is 1. The molecule has 1 N–H and O–H groups in total. The van der Waals surface area contributed by atoms with Gasteiger partial charge in [-0.25, -0.2) is 9.78 Å². The van der Waals surface area contributed by atoms with Crippen LogP contribution < -0.4 is 9.64 Å². The molecule has 8 nitrogen and oxygen atoms in total. The molecule has 3 aromatic rings. The molecular formula is C28H23BrN2O6S. The van der Waals surface area contributed by atoms with Crippen LogP contribution in [0.3, 0.4) is 0 Å². The molecule has 1 unspecified atom stereocenters. The van der Waals surface area contributed by atoms with Gasteiger partial charge in [-0.05, 0) is 48.9 Å². The number of ketones is 1. The van der Waals surface area contributed by atoms with Crippen molar-refractivity contribution in [3.05, 3.63) is 106 Å². The summed E-state index contributed by atoms with van der Waals surface area (Å²) in [5.74, 6) is -2.13. The predicted molar refractivity (Wildman–Crippen MR) is 148 cm³/mol. The number of amides is 1. The Balaban J connectivity index is 1.82. The highest BCUT2D eigenvalue weighted by Gasteiger charge is 2.48. The fourth-order valence-electron chi connectivity index (χ4n) is 3.88. The number of thiazole rings is 1. The van der Waals surface area contributed by atoms with E-state index in [0.717, 1.165) is 15.8 Å². The van der Waals surface area contributed by atoms with E-state index in [1.165, 1.54) is 11.0 Å². The van der Waals surface area contributed by atoms with Gasteiger partial charge in [0.15, 0.2) is 5.13 Å². The van der Waals surface area contributed by atoms with Crippen LogP contribution in [0.1, 0.15) is 32.5 Å². The molecule has 1 atom stereocenters. The predicted octanol–water partition coefficient (Wildman–Crippen LogP) is 5.75. The number of benzene rings is 2. The summed E-state index contributed by atoms with van der Waals surface area (Å²) in [6, 6.07) is 12.5. The summed E-state index contributed by atoms with van der Waals surface area (Å²) in [4.78, 5) is 45.0. The molecule has 10 heteroatoms. The van der Waals surface area contributed by atoms with Crippen molar-refractivity contribution in [2.75, 3.05) is 18.1 Å². The molecular weight excluding hydrogens is 572 g/mol. The minimum atomic E-state index is -0.984. The van der Waals surface area contributed by atoms with Crippen LogP contribution in [0.15, 0.2) is 83.9 Å². The molecule has 194 valence electrons. The molecule has 0 radical (unpaired) electrons. The number of carbonyl (C=O) groups excluding carboxylic acids is 3. The summed E-state index contributed by atoms with van der Waals surface area (Å²) in [5, 5.41) is 11.4. The van der Waals surface area contributed by atoms with E-state index < -0.39 is 23.7 Å². The molecule has 2 aromatic carbocycles. The highest BCUT2D eigenvalue weighted by molar-refractivity contribution is 9.10. The smallest absolute Gasteiger partial charge is 0.350 e. The average molecular weight is 595 g/mol. The van der Waals surface area contributed by atoms with Gasteiger partial charge in [0.2, 0.25) is 0 Å². The number of rotatable bonds is 9. The molecule has 0 bridgehead atoms. The number of aryl methyl sites for hydroxylation is 1. The Morgan fingerprint density at radius 3 is 2.39 bits per heavy atom. The number of aliphatic hydroxyl groups is 1. The zero-order chi connectivity index (χ0) is 27.4. The maximum Gasteiger partial charge on any atom is 0.350 e. The summed E-state index contributed by atoms with van der Waals surface area (Å²) in [5.41, 5.74) is 1.16. The van der Waals surface area contributed by atoms with E-state index in [9.17, 15) is 19.5 Å². The number of Topliss-reactive ketones (excluding diaryl/α,β-unsaturated/α-hetero) is 1. The van der Waals surface area contributed by atoms with Crippen molar-refractivity contribution in [2.24, 2.45) is 0 Å².